The van der Waals surface area contributed by atoms with Gasteiger partial charge < -0.3 is 0 Å². The third-order valence-electron chi connectivity index (χ3n) is 1.47. The second-order valence-electron chi connectivity index (χ2n) is 2.44. The predicted molar refractivity (Wildman–Crippen MR) is 56.9 cm³/mol. The molecule has 0 unspecified atom stereocenters. The fourth-order valence-corrected chi connectivity index (χ4v) is 1.21. The van der Waals surface area contributed by atoms with Crippen molar-refractivity contribution in [3.63, 3.8) is 0 Å². The molecule has 0 saturated carbocycles. The maximum absolute atomic E-state index is 5.75. The van der Waals surface area contributed by atoms with E-state index >= 15 is 0 Å². The van der Waals surface area contributed by atoms with Crippen LogP contribution < -0.4 is 0 Å². The van der Waals surface area contributed by atoms with E-state index in [1.807, 2.05) is 25.1 Å². The average molecular weight is 200 g/mol. The Morgan fingerprint density at radius 1 is 1.67 bits per heavy atom. The van der Waals surface area contributed by atoms with Gasteiger partial charge in [-0.1, -0.05) is 17.7 Å². The van der Waals surface area contributed by atoms with Crippen molar-refractivity contribution in [2.75, 3.05) is 5.75 Å². The van der Waals surface area contributed by atoms with Crippen molar-refractivity contribution in [3.8, 4) is 0 Å². The van der Waals surface area contributed by atoms with Gasteiger partial charge in [-0.2, -0.15) is 12.6 Å². The summed E-state index contributed by atoms with van der Waals surface area (Å²) in [7, 11) is 0. The van der Waals surface area contributed by atoms with Crippen LogP contribution in [-0.4, -0.2) is 10.7 Å². The van der Waals surface area contributed by atoms with Gasteiger partial charge in [-0.05, 0) is 24.6 Å². The molecule has 0 bridgehead atoms. The van der Waals surface area contributed by atoms with Crippen LogP contribution in [-0.2, 0) is 0 Å². The smallest absolute Gasteiger partial charge is 0.0657 e. The molecule has 1 nitrogen and oxygen atoms in total. The summed E-state index contributed by atoms with van der Waals surface area (Å²) >= 11 is 9.81. The van der Waals surface area contributed by atoms with Crippen LogP contribution in [0.5, 0.6) is 0 Å². The van der Waals surface area contributed by atoms with Crippen molar-refractivity contribution in [2.45, 2.75) is 6.92 Å². The molecule has 1 rings (SSSR count). The molecule has 64 valence electrons. The van der Waals surface area contributed by atoms with E-state index in [0.717, 1.165) is 17.0 Å². The van der Waals surface area contributed by atoms with Gasteiger partial charge in [0.15, 0.2) is 0 Å². The van der Waals surface area contributed by atoms with Gasteiger partial charge in [-0.25, -0.2) is 0 Å². The summed E-state index contributed by atoms with van der Waals surface area (Å²) in [5, 5.41) is 0.676. The van der Waals surface area contributed by atoms with Crippen LogP contribution in [0, 0.1) is 6.92 Å². The van der Waals surface area contributed by atoms with E-state index in [1.54, 1.807) is 6.20 Å². The fourth-order valence-electron chi connectivity index (χ4n) is 0.890. The van der Waals surface area contributed by atoms with Crippen molar-refractivity contribution < 1.29 is 0 Å². The summed E-state index contributed by atoms with van der Waals surface area (Å²) in [5.41, 5.74) is 2.04. The maximum atomic E-state index is 5.75. The summed E-state index contributed by atoms with van der Waals surface area (Å²) in [6, 6.07) is 1.90. The SMILES string of the molecule is Cc1cc(Cl)cnc1C=CCS. The lowest BCUT2D eigenvalue weighted by molar-refractivity contribution is 1.24. The molecule has 0 saturated heterocycles. The highest BCUT2D eigenvalue weighted by molar-refractivity contribution is 7.80. The molecule has 0 aromatic carbocycles. The number of pyridine rings is 1. The number of hydrogen-bond donors (Lipinski definition) is 1. The van der Waals surface area contributed by atoms with Crippen LogP contribution >= 0.6 is 24.2 Å². The molecule has 0 radical (unpaired) electrons. The van der Waals surface area contributed by atoms with E-state index in [1.165, 1.54) is 0 Å². The van der Waals surface area contributed by atoms with Crippen LogP contribution in [0.25, 0.3) is 6.08 Å². The largest absolute Gasteiger partial charge is 0.255 e. The van der Waals surface area contributed by atoms with Gasteiger partial charge in [-0.15, -0.1) is 0 Å². The molecular formula is C9H10ClNS. The highest BCUT2D eigenvalue weighted by Gasteiger charge is 1.95. The van der Waals surface area contributed by atoms with Crippen LogP contribution in [0.3, 0.4) is 0 Å². The number of hydrogen-bond acceptors (Lipinski definition) is 2. The lowest BCUT2D eigenvalue weighted by Crippen LogP contribution is -1.85. The number of thiol groups is 1. The third-order valence-corrected chi connectivity index (χ3v) is 1.88. The van der Waals surface area contributed by atoms with Gasteiger partial charge in [-0.3, -0.25) is 4.98 Å². The average Bonchev–Trinajstić information content (AvgIpc) is 2.03. The van der Waals surface area contributed by atoms with Gasteiger partial charge in [0.25, 0.3) is 0 Å². The Kier molecular flexibility index (Phi) is 3.63. The Morgan fingerprint density at radius 2 is 2.42 bits per heavy atom. The minimum Gasteiger partial charge on any atom is -0.255 e. The van der Waals surface area contributed by atoms with E-state index < -0.39 is 0 Å². The first-order chi connectivity index (χ1) is 5.74. The van der Waals surface area contributed by atoms with Gasteiger partial charge in [0.05, 0.1) is 10.7 Å². The molecule has 1 heterocycles. The summed E-state index contributed by atoms with van der Waals surface area (Å²) in [6.45, 7) is 1.98. The van der Waals surface area contributed by atoms with E-state index in [4.69, 9.17) is 11.6 Å². The number of rotatable bonds is 2. The monoisotopic (exact) mass is 199 g/mol. The van der Waals surface area contributed by atoms with E-state index in [0.29, 0.717) is 5.02 Å². The second-order valence-corrected chi connectivity index (χ2v) is 3.24. The summed E-state index contributed by atoms with van der Waals surface area (Å²) in [4.78, 5) is 4.16. The van der Waals surface area contributed by atoms with Crippen LogP contribution in [0.1, 0.15) is 11.3 Å². The zero-order valence-corrected chi connectivity index (χ0v) is 8.44. The first kappa shape index (κ1) is 9.62. The molecule has 0 aliphatic carbocycles. The molecule has 0 fully saturated rings. The second kappa shape index (κ2) is 4.53. The van der Waals surface area contributed by atoms with Crippen molar-refractivity contribution in [2.24, 2.45) is 0 Å². The zero-order valence-electron chi connectivity index (χ0n) is 6.79. The summed E-state index contributed by atoms with van der Waals surface area (Å²) in [5.74, 6) is 0.726. The minimum absolute atomic E-state index is 0.676. The van der Waals surface area contributed by atoms with Gasteiger partial charge in [0.1, 0.15) is 0 Å². The highest BCUT2D eigenvalue weighted by atomic mass is 35.5. The van der Waals surface area contributed by atoms with Crippen molar-refractivity contribution >= 4 is 30.3 Å². The number of aromatic nitrogens is 1. The molecule has 0 aliphatic rings. The maximum Gasteiger partial charge on any atom is 0.0657 e. The van der Waals surface area contributed by atoms with Crippen molar-refractivity contribution in [1.29, 1.82) is 0 Å². The molecule has 0 atom stereocenters. The van der Waals surface area contributed by atoms with Crippen LogP contribution in [0.15, 0.2) is 18.3 Å². The van der Waals surface area contributed by atoms with Crippen molar-refractivity contribution in [3.05, 3.63) is 34.6 Å². The summed E-state index contributed by atoms with van der Waals surface area (Å²) < 4.78 is 0. The Bertz CT molecular complexity index is 297. The first-order valence-electron chi connectivity index (χ1n) is 3.63. The lowest BCUT2D eigenvalue weighted by Gasteiger charge is -1.98. The number of halogens is 1. The van der Waals surface area contributed by atoms with Crippen LogP contribution in [0.4, 0.5) is 0 Å². The molecule has 1 aromatic heterocycles. The van der Waals surface area contributed by atoms with Crippen molar-refractivity contribution in [1.82, 2.24) is 4.98 Å². The number of aryl methyl sites for hydroxylation is 1. The molecule has 1 aromatic rings. The molecule has 0 N–H and O–H groups in total. The lowest BCUT2D eigenvalue weighted by atomic mass is 10.2. The van der Waals surface area contributed by atoms with E-state index in [9.17, 15) is 0 Å². The first-order valence-corrected chi connectivity index (χ1v) is 4.64. The quantitative estimate of drug-likeness (QED) is 0.723. The van der Waals surface area contributed by atoms with Gasteiger partial charge in [0.2, 0.25) is 0 Å². The Labute approximate surface area is 82.9 Å². The Balaban J connectivity index is 2.94. The molecular weight excluding hydrogens is 190 g/mol. The predicted octanol–water partition coefficient (Wildman–Crippen LogP) is 2.99. The molecule has 12 heavy (non-hydrogen) atoms. The topological polar surface area (TPSA) is 12.9 Å². The third kappa shape index (κ3) is 2.54. The molecule has 0 amide bonds. The zero-order chi connectivity index (χ0) is 8.97. The Hall–Kier alpha value is -0.470. The fraction of sp³-hybridized carbons (Fsp3) is 0.222. The van der Waals surface area contributed by atoms with Crippen LogP contribution in [0.2, 0.25) is 5.02 Å². The van der Waals surface area contributed by atoms with Gasteiger partial charge >= 0.3 is 0 Å². The molecule has 0 spiro atoms. The molecule has 3 heteroatoms. The number of nitrogens with zero attached hydrogens (tertiary/aromatic N) is 1. The summed E-state index contributed by atoms with van der Waals surface area (Å²) in [6.07, 6.45) is 5.54. The Morgan fingerprint density at radius 3 is 3.00 bits per heavy atom. The molecule has 0 aliphatic heterocycles. The van der Waals surface area contributed by atoms with E-state index in [-0.39, 0.29) is 0 Å². The minimum atomic E-state index is 0.676. The van der Waals surface area contributed by atoms with Gasteiger partial charge in [0, 0.05) is 11.9 Å². The van der Waals surface area contributed by atoms with E-state index in [2.05, 4.69) is 17.6 Å². The normalized spacial score (nSPS) is 10.9. The standard InChI is InChI=1S/C9H10ClNS/c1-7-5-8(10)6-11-9(7)3-2-4-12/h2-3,5-6,12H,4H2,1H3. The highest BCUT2D eigenvalue weighted by Crippen LogP contribution is 2.13.